The van der Waals surface area contributed by atoms with Gasteiger partial charge in [-0.15, -0.1) is 0 Å². The van der Waals surface area contributed by atoms with Crippen molar-refractivity contribution in [1.82, 2.24) is 0 Å². The second-order valence-corrected chi connectivity index (χ2v) is 3.70. The second-order valence-electron chi connectivity index (χ2n) is 3.70. The topological polar surface area (TPSA) is 34.1 Å². The summed E-state index contributed by atoms with van der Waals surface area (Å²) in [5.41, 5.74) is 0.588. The van der Waals surface area contributed by atoms with Crippen LogP contribution in [-0.4, -0.2) is 11.6 Å². The zero-order valence-corrected chi connectivity index (χ0v) is 7.67. The molecule has 68 valence electrons. The highest BCUT2D eigenvalue weighted by Crippen LogP contribution is 2.44. The van der Waals surface area contributed by atoms with Gasteiger partial charge in [0.05, 0.1) is 5.41 Å². The number of carbonyl (C=O) groups excluding carboxylic acids is 2. The lowest BCUT2D eigenvalue weighted by Crippen LogP contribution is -2.31. The van der Waals surface area contributed by atoms with Crippen LogP contribution in [0.15, 0.2) is 23.8 Å². The van der Waals surface area contributed by atoms with E-state index in [1.807, 2.05) is 6.92 Å². The van der Waals surface area contributed by atoms with Crippen LogP contribution in [0.1, 0.15) is 26.2 Å². The van der Waals surface area contributed by atoms with E-state index in [0.717, 1.165) is 12.0 Å². The van der Waals surface area contributed by atoms with Gasteiger partial charge in [-0.2, -0.15) is 0 Å². The fraction of sp³-hybridized carbons (Fsp3) is 0.455. The zero-order chi connectivity index (χ0) is 9.47. The average molecular weight is 176 g/mol. The lowest BCUT2D eigenvalue weighted by molar-refractivity contribution is -0.123. The highest BCUT2D eigenvalue weighted by molar-refractivity contribution is 6.05. The Hall–Kier alpha value is -1.18. The Morgan fingerprint density at radius 2 is 2.15 bits per heavy atom. The molecule has 13 heavy (non-hydrogen) atoms. The molecule has 0 aromatic rings. The molecule has 0 spiro atoms. The summed E-state index contributed by atoms with van der Waals surface area (Å²) in [5.74, 6) is 0.326. The van der Waals surface area contributed by atoms with Gasteiger partial charge in [0.25, 0.3) is 0 Å². The molecule has 0 fully saturated rings. The third kappa shape index (κ3) is 1.01. The van der Waals surface area contributed by atoms with E-state index in [0.29, 0.717) is 12.8 Å². The van der Waals surface area contributed by atoms with Crippen LogP contribution in [0.4, 0.5) is 0 Å². The minimum atomic E-state index is -0.339. The molecule has 0 aromatic carbocycles. The molecule has 0 unspecified atom stereocenters. The maximum Gasteiger partial charge on any atom is 0.166 e. The first-order valence-electron chi connectivity index (χ1n) is 4.66. The fourth-order valence-corrected chi connectivity index (χ4v) is 2.22. The number of allylic oxidation sites excluding steroid dienone is 4. The van der Waals surface area contributed by atoms with Gasteiger partial charge in [-0.1, -0.05) is 13.0 Å². The molecule has 0 aliphatic heterocycles. The summed E-state index contributed by atoms with van der Waals surface area (Å²) in [5, 5.41) is 0. The summed E-state index contributed by atoms with van der Waals surface area (Å²) in [6.45, 7) is 2.01. The van der Waals surface area contributed by atoms with Crippen molar-refractivity contribution in [3.63, 3.8) is 0 Å². The molecule has 0 bridgehead atoms. The van der Waals surface area contributed by atoms with Crippen molar-refractivity contribution in [2.75, 3.05) is 0 Å². The van der Waals surface area contributed by atoms with Crippen molar-refractivity contribution < 1.29 is 9.59 Å². The molecule has 2 rings (SSSR count). The maximum absolute atomic E-state index is 11.6. The Balaban J connectivity index is 2.48. The van der Waals surface area contributed by atoms with Crippen molar-refractivity contribution in [3.8, 4) is 0 Å². The van der Waals surface area contributed by atoms with Gasteiger partial charge in [-0.3, -0.25) is 9.59 Å². The first kappa shape index (κ1) is 8.42. The van der Waals surface area contributed by atoms with E-state index in [1.165, 1.54) is 0 Å². The molecule has 2 heteroatoms. The first-order chi connectivity index (χ1) is 6.19. The summed E-state index contributed by atoms with van der Waals surface area (Å²) in [4.78, 5) is 22.8. The third-order valence-electron chi connectivity index (χ3n) is 3.16. The Morgan fingerprint density at radius 3 is 2.85 bits per heavy atom. The van der Waals surface area contributed by atoms with Gasteiger partial charge < -0.3 is 0 Å². The monoisotopic (exact) mass is 176 g/mol. The number of rotatable bonds is 1. The van der Waals surface area contributed by atoms with Gasteiger partial charge in [-0.25, -0.2) is 0 Å². The molecule has 0 amide bonds. The van der Waals surface area contributed by atoms with E-state index in [9.17, 15) is 9.59 Å². The van der Waals surface area contributed by atoms with Crippen molar-refractivity contribution in [2.45, 2.75) is 26.2 Å². The van der Waals surface area contributed by atoms with Gasteiger partial charge in [0.15, 0.2) is 11.6 Å². The van der Waals surface area contributed by atoms with Gasteiger partial charge in [0, 0.05) is 6.42 Å². The first-order valence-corrected chi connectivity index (χ1v) is 4.66. The van der Waals surface area contributed by atoms with Crippen LogP contribution in [-0.2, 0) is 9.59 Å². The molecule has 0 saturated carbocycles. The number of hydrogen-bond acceptors (Lipinski definition) is 2. The van der Waals surface area contributed by atoms with Crippen molar-refractivity contribution >= 4 is 11.6 Å². The molecule has 0 aromatic heterocycles. The standard InChI is InChI=1S/C11H12O2/c1-2-11-6-5-9(12)7-8(11)3-4-10(11)13/h3-4,7H,2,5-6H2,1H3/t11-/m1/s1. The van der Waals surface area contributed by atoms with E-state index in [4.69, 9.17) is 0 Å². The van der Waals surface area contributed by atoms with Crippen LogP contribution in [0.2, 0.25) is 0 Å². The van der Waals surface area contributed by atoms with Crippen molar-refractivity contribution in [2.24, 2.45) is 5.41 Å². The van der Waals surface area contributed by atoms with Gasteiger partial charge in [-0.05, 0) is 30.6 Å². The SMILES string of the molecule is CC[C@@]12CCC(=O)C=C1C=CC2=O. The third-order valence-corrected chi connectivity index (χ3v) is 3.16. The average Bonchev–Trinajstić information content (AvgIpc) is 2.44. The predicted octanol–water partition coefficient (Wildman–Crippen LogP) is 1.81. The Kier molecular flexibility index (Phi) is 1.72. The van der Waals surface area contributed by atoms with E-state index in [1.54, 1.807) is 18.2 Å². The van der Waals surface area contributed by atoms with E-state index in [2.05, 4.69) is 0 Å². The van der Waals surface area contributed by atoms with Crippen LogP contribution < -0.4 is 0 Å². The molecule has 2 aliphatic rings. The minimum absolute atomic E-state index is 0.151. The maximum atomic E-state index is 11.6. The van der Waals surface area contributed by atoms with Crippen LogP contribution in [0.5, 0.6) is 0 Å². The number of hydrogen-bond donors (Lipinski definition) is 0. The number of carbonyl (C=O) groups is 2. The quantitative estimate of drug-likeness (QED) is 0.610. The molecule has 0 N–H and O–H groups in total. The molecule has 0 saturated heterocycles. The summed E-state index contributed by atoms with van der Waals surface area (Å²) in [7, 11) is 0. The summed E-state index contributed by atoms with van der Waals surface area (Å²) in [6.07, 6.45) is 7.05. The molecular formula is C11H12O2. The van der Waals surface area contributed by atoms with Crippen LogP contribution in [0.25, 0.3) is 0 Å². The molecule has 2 nitrogen and oxygen atoms in total. The van der Waals surface area contributed by atoms with Gasteiger partial charge in [0.1, 0.15) is 0 Å². The predicted molar refractivity (Wildman–Crippen MR) is 49.2 cm³/mol. The van der Waals surface area contributed by atoms with E-state index < -0.39 is 0 Å². The minimum Gasteiger partial charge on any atom is -0.295 e. The van der Waals surface area contributed by atoms with Crippen LogP contribution >= 0.6 is 0 Å². The van der Waals surface area contributed by atoms with E-state index >= 15 is 0 Å². The lowest BCUT2D eigenvalue weighted by atomic mass is 9.71. The van der Waals surface area contributed by atoms with Gasteiger partial charge >= 0.3 is 0 Å². The highest BCUT2D eigenvalue weighted by Gasteiger charge is 2.43. The summed E-state index contributed by atoms with van der Waals surface area (Å²) in [6, 6.07) is 0. The van der Waals surface area contributed by atoms with E-state index in [-0.39, 0.29) is 17.0 Å². The molecule has 0 heterocycles. The normalized spacial score (nSPS) is 31.9. The summed E-state index contributed by atoms with van der Waals surface area (Å²) < 4.78 is 0. The van der Waals surface area contributed by atoms with Crippen molar-refractivity contribution in [3.05, 3.63) is 23.8 Å². The van der Waals surface area contributed by atoms with Crippen LogP contribution in [0, 0.1) is 5.41 Å². The van der Waals surface area contributed by atoms with Gasteiger partial charge in [0.2, 0.25) is 0 Å². The Morgan fingerprint density at radius 1 is 1.38 bits per heavy atom. The van der Waals surface area contributed by atoms with Crippen molar-refractivity contribution in [1.29, 1.82) is 0 Å². The smallest absolute Gasteiger partial charge is 0.166 e. The largest absolute Gasteiger partial charge is 0.295 e. The molecular weight excluding hydrogens is 164 g/mol. The lowest BCUT2D eigenvalue weighted by Gasteiger charge is -2.30. The Labute approximate surface area is 77.3 Å². The number of ketones is 2. The molecule has 1 atom stereocenters. The second kappa shape index (κ2) is 2.66. The Bertz CT molecular complexity index is 336. The highest BCUT2D eigenvalue weighted by atomic mass is 16.1. The number of fused-ring (bicyclic) bond motifs is 1. The summed E-state index contributed by atoms with van der Waals surface area (Å²) >= 11 is 0. The fourth-order valence-electron chi connectivity index (χ4n) is 2.22. The van der Waals surface area contributed by atoms with Crippen LogP contribution in [0.3, 0.4) is 0 Å². The zero-order valence-electron chi connectivity index (χ0n) is 7.67. The molecule has 2 aliphatic carbocycles. The molecule has 0 radical (unpaired) electrons.